The molecule has 0 fully saturated rings. The van der Waals surface area contributed by atoms with E-state index in [1.165, 1.54) is 36.0 Å². The highest BCUT2D eigenvalue weighted by Crippen LogP contribution is 2.31. The third kappa shape index (κ3) is 5.26. The minimum Gasteiger partial charge on any atom is -0.325 e. The van der Waals surface area contributed by atoms with Crippen LogP contribution in [0.1, 0.15) is 12.7 Å². The van der Waals surface area contributed by atoms with Gasteiger partial charge in [0.15, 0.2) is 9.50 Å². The molecule has 0 aliphatic carbocycles. The number of nitrogens with one attached hydrogen (secondary N) is 1. The number of hydrogen-bond donors (Lipinski definition) is 1. The van der Waals surface area contributed by atoms with Crippen LogP contribution in [0.5, 0.6) is 0 Å². The summed E-state index contributed by atoms with van der Waals surface area (Å²) < 4.78 is 4.13. The van der Waals surface area contributed by atoms with Gasteiger partial charge in [-0.25, -0.2) is 4.98 Å². The number of benzene rings is 2. The highest BCUT2D eigenvalue weighted by Gasteiger charge is 2.15. The Balaban J connectivity index is 1.34. The monoisotopic (exact) mass is 486 g/mol. The Morgan fingerprint density at radius 3 is 2.66 bits per heavy atom. The molecule has 2 heterocycles. The van der Waals surface area contributed by atoms with Crippen LogP contribution >= 0.6 is 34.9 Å². The minimum absolute atomic E-state index is 0.0235. The van der Waals surface area contributed by atoms with Gasteiger partial charge >= 0.3 is 0 Å². The van der Waals surface area contributed by atoms with Crippen LogP contribution in [-0.2, 0) is 17.1 Å². The van der Waals surface area contributed by atoms with Gasteiger partial charge in [0.25, 0.3) is 5.69 Å². The van der Waals surface area contributed by atoms with Crippen molar-refractivity contribution in [3.8, 4) is 0 Å². The second-order valence-corrected chi connectivity index (χ2v) is 9.72. The molecule has 4 aromatic rings. The van der Waals surface area contributed by atoms with Gasteiger partial charge in [0.1, 0.15) is 5.82 Å². The molecule has 12 heteroatoms. The van der Waals surface area contributed by atoms with E-state index >= 15 is 0 Å². The highest BCUT2D eigenvalue weighted by atomic mass is 32.2. The van der Waals surface area contributed by atoms with Crippen molar-refractivity contribution in [2.45, 2.75) is 28.7 Å². The molecule has 2 aromatic carbocycles. The first-order valence-corrected chi connectivity index (χ1v) is 12.4. The van der Waals surface area contributed by atoms with Crippen molar-refractivity contribution in [2.24, 2.45) is 0 Å². The molecule has 9 nitrogen and oxygen atoms in total. The van der Waals surface area contributed by atoms with Gasteiger partial charge in [0.2, 0.25) is 5.91 Å². The number of hydrogen-bond acceptors (Lipinski definition) is 9. The van der Waals surface area contributed by atoms with Crippen LogP contribution in [-0.4, -0.2) is 36.3 Å². The van der Waals surface area contributed by atoms with E-state index in [4.69, 9.17) is 0 Å². The van der Waals surface area contributed by atoms with Crippen molar-refractivity contribution in [1.29, 1.82) is 0 Å². The summed E-state index contributed by atoms with van der Waals surface area (Å²) in [7, 11) is 0. The number of rotatable bonds is 9. The fourth-order valence-corrected chi connectivity index (χ4v) is 5.71. The first-order valence-electron chi connectivity index (χ1n) is 9.61. The van der Waals surface area contributed by atoms with E-state index in [0.29, 0.717) is 23.1 Å². The summed E-state index contributed by atoms with van der Waals surface area (Å²) in [5.41, 5.74) is 1.47. The number of fused-ring (bicyclic) bond motifs is 1. The van der Waals surface area contributed by atoms with Crippen LogP contribution in [0.25, 0.3) is 10.2 Å². The second-order valence-electron chi connectivity index (χ2n) is 6.52. The van der Waals surface area contributed by atoms with E-state index in [9.17, 15) is 14.9 Å². The van der Waals surface area contributed by atoms with Gasteiger partial charge in [-0.3, -0.25) is 14.9 Å². The van der Waals surface area contributed by atoms with Crippen molar-refractivity contribution < 1.29 is 9.72 Å². The predicted molar refractivity (Wildman–Crippen MR) is 127 cm³/mol. The van der Waals surface area contributed by atoms with Crippen molar-refractivity contribution in [2.75, 3.05) is 11.1 Å². The number of nitrogens with zero attached hydrogens (tertiary/aromatic N) is 5. The maximum Gasteiger partial charge on any atom is 0.269 e. The first kappa shape index (κ1) is 22.2. The summed E-state index contributed by atoms with van der Waals surface area (Å²) in [5, 5.41) is 22.7. The molecular formula is C20H18N6O3S3. The molecule has 0 radical (unpaired) electrons. The molecule has 0 aliphatic rings. The molecule has 164 valence electrons. The van der Waals surface area contributed by atoms with E-state index < -0.39 is 4.92 Å². The smallest absolute Gasteiger partial charge is 0.269 e. The van der Waals surface area contributed by atoms with Crippen LogP contribution < -0.4 is 5.32 Å². The Morgan fingerprint density at radius 1 is 1.16 bits per heavy atom. The molecule has 0 unspecified atom stereocenters. The fraction of sp³-hybridized carbons (Fsp3) is 0.200. The lowest BCUT2D eigenvalue weighted by Crippen LogP contribution is -2.14. The van der Waals surface area contributed by atoms with Crippen molar-refractivity contribution in [3.05, 3.63) is 64.5 Å². The molecule has 0 spiro atoms. The minimum atomic E-state index is -0.480. The number of carbonyl (C=O) groups excluding carboxylic acids is 1. The zero-order valence-corrected chi connectivity index (χ0v) is 19.4. The number of nitro benzene ring substituents is 1. The molecule has 1 N–H and O–H groups in total. The van der Waals surface area contributed by atoms with Gasteiger partial charge in [0.05, 0.1) is 26.6 Å². The number of carbonyl (C=O) groups is 1. The van der Waals surface area contributed by atoms with Crippen LogP contribution in [0.3, 0.4) is 0 Å². The van der Waals surface area contributed by atoms with Crippen LogP contribution in [0, 0.1) is 10.1 Å². The first-order chi connectivity index (χ1) is 15.5. The summed E-state index contributed by atoms with van der Waals surface area (Å²) in [6.45, 7) is 2.70. The lowest BCUT2D eigenvalue weighted by Gasteiger charge is -2.07. The highest BCUT2D eigenvalue weighted by molar-refractivity contribution is 8.00. The Morgan fingerprint density at radius 2 is 1.94 bits per heavy atom. The van der Waals surface area contributed by atoms with Gasteiger partial charge in [0, 0.05) is 24.4 Å². The molecule has 32 heavy (non-hydrogen) atoms. The summed E-state index contributed by atoms with van der Waals surface area (Å²) in [6, 6.07) is 13.8. The molecule has 2 aromatic heterocycles. The Labute approximate surface area is 195 Å². The Hall–Kier alpha value is -2.96. The van der Waals surface area contributed by atoms with E-state index in [1.54, 1.807) is 23.1 Å². The van der Waals surface area contributed by atoms with Crippen LogP contribution in [0.15, 0.2) is 58.0 Å². The van der Waals surface area contributed by atoms with Crippen LogP contribution in [0.2, 0.25) is 0 Å². The summed E-state index contributed by atoms with van der Waals surface area (Å²) in [4.78, 5) is 27.1. The maximum atomic E-state index is 12.3. The third-order valence-corrected chi connectivity index (χ3v) is 7.55. The Bertz CT molecular complexity index is 1220. The van der Waals surface area contributed by atoms with Gasteiger partial charge < -0.3 is 9.88 Å². The normalized spacial score (nSPS) is 11.0. The Kier molecular flexibility index (Phi) is 7.02. The molecule has 0 aliphatic heterocycles. The van der Waals surface area contributed by atoms with E-state index in [0.717, 1.165) is 20.4 Å². The van der Waals surface area contributed by atoms with E-state index in [-0.39, 0.29) is 17.3 Å². The van der Waals surface area contributed by atoms with Gasteiger partial charge in [-0.2, -0.15) is 0 Å². The maximum absolute atomic E-state index is 12.3. The van der Waals surface area contributed by atoms with Gasteiger partial charge in [-0.05, 0) is 31.2 Å². The molecule has 0 saturated carbocycles. The summed E-state index contributed by atoms with van der Waals surface area (Å²) >= 11 is 4.57. The number of thiazole rings is 1. The molecule has 1 amide bonds. The summed E-state index contributed by atoms with van der Waals surface area (Å²) in [5.74, 6) is 1.39. The topological polar surface area (TPSA) is 116 Å². The average Bonchev–Trinajstić information content (AvgIpc) is 3.39. The standard InChI is InChI=1S/C20H18N6O3S3/c1-2-25-17(11-31-20-22-15-5-3-4-6-16(15)32-20)23-24-19(25)30-12-18(27)21-13-7-9-14(10-8-13)26(28)29/h3-10H,2,11-12H2,1H3,(H,21,27). The van der Waals surface area contributed by atoms with E-state index in [1.807, 2.05) is 29.7 Å². The molecular weight excluding hydrogens is 468 g/mol. The number of nitro groups is 1. The lowest BCUT2D eigenvalue weighted by molar-refractivity contribution is -0.384. The van der Waals surface area contributed by atoms with Gasteiger partial charge in [-0.15, -0.1) is 21.5 Å². The number of anilines is 1. The second kappa shape index (κ2) is 10.1. The lowest BCUT2D eigenvalue weighted by atomic mass is 10.3. The number of amides is 1. The number of thioether (sulfide) groups is 2. The molecule has 4 rings (SSSR count). The van der Waals surface area contributed by atoms with Gasteiger partial charge in [-0.1, -0.05) is 35.7 Å². The zero-order chi connectivity index (χ0) is 22.5. The number of para-hydroxylation sites is 1. The predicted octanol–water partition coefficient (Wildman–Crippen LogP) is 4.84. The molecule has 0 saturated heterocycles. The molecule has 0 bridgehead atoms. The van der Waals surface area contributed by atoms with Crippen molar-refractivity contribution in [1.82, 2.24) is 19.7 Å². The van der Waals surface area contributed by atoms with Crippen molar-refractivity contribution >= 4 is 62.4 Å². The van der Waals surface area contributed by atoms with Crippen molar-refractivity contribution in [3.63, 3.8) is 0 Å². The van der Waals surface area contributed by atoms with Crippen LogP contribution in [0.4, 0.5) is 11.4 Å². The summed E-state index contributed by atoms with van der Waals surface area (Å²) in [6.07, 6.45) is 0. The quantitative estimate of drug-likeness (QED) is 0.203. The number of non-ortho nitro benzene ring substituents is 1. The fourth-order valence-electron chi connectivity index (χ4n) is 2.88. The largest absolute Gasteiger partial charge is 0.325 e. The zero-order valence-electron chi connectivity index (χ0n) is 16.9. The van der Waals surface area contributed by atoms with E-state index in [2.05, 4.69) is 26.6 Å². The SMILES string of the molecule is CCn1c(CSc2nc3ccccc3s2)nnc1SCC(=O)Nc1ccc([N+](=O)[O-])cc1. The molecule has 0 atom stereocenters. The number of aromatic nitrogens is 4. The average molecular weight is 487 g/mol. The third-order valence-electron chi connectivity index (χ3n) is 4.40.